The number of nitrogens with zero attached hydrogens (tertiary/aromatic N) is 3. The molecule has 0 amide bonds. The maximum Gasteiger partial charge on any atom is 0.333 e. The summed E-state index contributed by atoms with van der Waals surface area (Å²) in [6, 6.07) is 20.3. The van der Waals surface area contributed by atoms with Crippen LogP contribution >= 0.6 is 0 Å². The molecule has 0 bridgehead atoms. The van der Waals surface area contributed by atoms with Gasteiger partial charge in [0, 0.05) is 17.5 Å². The molecule has 1 aromatic heterocycles. The molecule has 0 aliphatic heterocycles. The lowest BCUT2D eigenvalue weighted by Gasteiger charge is -2.12. The van der Waals surface area contributed by atoms with Gasteiger partial charge in [-0.25, -0.2) is 10.6 Å². The zero-order valence-electron chi connectivity index (χ0n) is 22.1. The second kappa shape index (κ2) is 11.3. The molecular weight excluding hydrogens is 460 g/mol. The second-order valence-electron chi connectivity index (χ2n) is 9.57. The maximum atomic E-state index is 13.7. The van der Waals surface area contributed by atoms with Crippen LogP contribution in [0.25, 0.3) is 16.8 Å². The number of imidazole rings is 1. The molecule has 7 heteroatoms. The number of benzene rings is 3. The third-order valence-corrected chi connectivity index (χ3v) is 6.78. The quantitative estimate of drug-likeness (QED) is 0.142. The predicted molar refractivity (Wildman–Crippen MR) is 152 cm³/mol. The van der Waals surface area contributed by atoms with Gasteiger partial charge in [0.1, 0.15) is 0 Å². The van der Waals surface area contributed by atoms with Crippen LogP contribution < -0.4 is 22.8 Å². The van der Waals surface area contributed by atoms with E-state index in [1.54, 1.807) is 0 Å². The van der Waals surface area contributed by atoms with Gasteiger partial charge in [-0.3, -0.25) is 9.13 Å². The summed E-state index contributed by atoms with van der Waals surface area (Å²) in [6.07, 6.45) is 5.00. The monoisotopic (exact) mass is 496 g/mol. The zero-order valence-corrected chi connectivity index (χ0v) is 22.1. The van der Waals surface area contributed by atoms with Gasteiger partial charge in [-0.15, -0.1) is 0 Å². The molecule has 0 aliphatic carbocycles. The average molecular weight is 497 g/mol. The molecule has 4 aromatic rings. The van der Waals surface area contributed by atoms with Gasteiger partial charge in [0.2, 0.25) is 0 Å². The fraction of sp³-hybridized carbons (Fsp3) is 0.267. The normalized spacial score (nSPS) is 11.6. The summed E-state index contributed by atoms with van der Waals surface area (Å²) in [5.41, 5.74) is 11.9. The first-order valence-electron chi connectivity index (χ1n) is 12.7. The van der Waals surface area contributed by atoms with Gasteiger partial charge in [0.05, 0.1) is 12.2 Å². The van der Waals surface area contributed by atoms with E-state index in [1.807, 2.05) is 39.6 Å². The number of aryl methyl sites for hydroxylation is 4. The van der Waals surface area contributed by atoms with Crippen molar-refractivity contribution in [3.63, 3.8) is 0 Å². The van der Waals surface area contributed by atoms with Crippen molar-refractivity contribution in [1.29, 1.82) is 0 Å². The summed E-state index contributed by atoms with van der Waals surface area (Å²) in [7, 11) is 0. The summed E-state index contributed by atoms with van der Waals surface area (Å²) < 4.78 is 3.74. The standard InChI is InChI=1S/C30H36N6O/c1-5-6-9-25-19-36(28-21(3)16-20(2)17-22(28)4)30(37)35(25)18-23-12-14-24(15-13-23)26-10-7-8-11-27(26)29(33-31)34-32/h7-8,10-17,19H,5-6,9,18,31-32H2,1-4H3,(H,33,34). The Bertz CT molecular complexity index is 1450. The molecule has 0 fully saturated rings. The number of hydrazone groups is 1. The van der Waals surface area contributed by atoms with E-state index in [0.717, 1.165) is 64.0 Å². The fourth-order valence-corrected chi connectivity index (χ4v) is 5.06. The molecule has 3 aromatic carbocycles. The van der Waals surface area contributed by atoms with E-state index in [1.165, 1.54) is 5.56 Å². The largest absolute Gasteiger partial charge is 0.333 e. The average Bonchev–Trinajstić information content (AvgIpc) is 3.18. The highest BCUT2D eigenvalue weighted by Crippen LogP contribution is 2.25. The molecule has 0 saturated carbocycles. The molecule has 0 radical (unpaired) electrons. The fourth-order valence-electron chi connectivity index (χ4n) is 5.06. The van der Waals surface area contributed by atoms with Crippen molar-refractivity contribution in [3.05, 3.63) is 111 Å². The Hall–Kier alpha value is -4.10. The summed E-state index contributed by atoms with van der Waals surface area (Å²) in [5.74, 6) is 11.5. The number of hydrazine groups is 1. The molecule has 1 heterocycles. The van der Waals surface area contributed by atoms with E-state index in [-0.39, 0.29) is 5.69 Å². The molecule has 192 valence electrons. The molecular formula is C30H36N6O. The first kappa shape index (κ1) is 26.0. The lowest BCUT2D eigenvalue weighted by atomic mass is 9.98. The van der Waals surface area contributed by atoms with Crippen molar-refractivity contribution < 1.29 is 0 Å². The third-order valence-electron chi connectivity index (χ3n) is 6.78. The summed E-state index contributed by atoms with van der Waals surface area (Å²) in [4.78, 5) is 13.7. The highest BCUT2D eigenvalue weighted by molar-refractivity contribution is 6.04. The Morgan fingerprint density at radius 2 is 1.68 bits per heavy atom. The van der Waals surface area contributed by atoms with E-state index in [4.69, 9.17) is 11.7 Å². The molecule has 0 unspecified atom stereocenters. The highest BCUT2D eigenvalue weighted by atomic mass is 16.1. The lowest BCUT2D eigenvalue weighted by molar-refractivity contribution is 0.673. The van der Waals surface area contributed by atoms with Crippen LogP contribution in [0.1, 0.15) is 53.3 Å². The Morgan fingerprint density at radius 3 is 2.30 bits per heavy atom. The Morgan fingerprint density at radius 1 is 1.00 bits per heavy atom. The Balaban J connectivity index is 1.71. The van der Waals surface area contributed by atoms with Crippen molar-refractivity contribution in [2.75, 3.05) is 0 Å². The number of amidine groups is 1. The molecule has 0 saturated heterocycles. The van der Waals surface area contributed by atoms with Gasteiger partial charge in [-0.1, -0.05) is 79.6 Å². The number of aromatic nitrogens is 2. The SMILES string of the molecule is CCCCc1cn(-c2c(C)cc(C)cc2C)c(=O)n1Cc1ccc(-c2ccccc2/C(=N/N)NN)cc1. The lowest BCUT2D eigenvalue weighted by Crippen LogP contribution is -2.32. The van der Waals surface area contributed by atoms with Crippen LogP contribution in [-0.2, 0) is 13.0 Å². The molecule has 37 heavy (non-hydrogen) atoms. The van der Waals surface area contributed by atoms with Crippen molar-refractivity contribution in [2.24, 2.45) is 16.8 Å². The summed E-state index contributed by atoms with van der Waals surface area (Å²) >= 11 is 0. The number of hydrogen-bond donors (Lipinski definition) is 3. The third kappa shape index (κ3) is 5.37. The van der Waals surface area contributed by atoms with Gasteiger partial charge in [0.25, 0.3) is 0 Å². The zero-order chi connectivity index (χ0) is 26.5. The van der Waals surface area contributed by atoms with Gasteiger partial charge < -0.3 is 11.3 Å². The van der Waals surface area contributed by atoms with E-state index in [9.17, 15) is 4.79 Å². The highest BCUT2D eigenvalue weighted by Gasteiger charge is 2.16. The smallest absolute Gasteiger partial charge is 0.321 e. The first-order chi connectivity index (χ1) is 17.9. The van der Waals surface area contributed by atoms with Crippen molar-refractivity contribution in [3.8, 4) is 16.8 Å². The molecule has 0 spiro atoms. The van der Waals surface area contributed by atoms with Gasteiger partial charge in [0.15, 0.2) is 5.84 Å². The van der Waals surface area contributed by atoms with Crippen molar-refractivity contribution >= 4 is 5.84 Å². The maximum absolute atomic E-state index is 13.7. The Kier molecular flexibility index (Phi) is 7.94. The van der Waals surface area contributed by atoms with Gasteiger partial charge in [-0.2, -0.15) is 5.10 Å². The van der Waals surface area contributed by atoms with Gasteiger partial charge in [-0.05, 0) is 61.4 Å². The van der Waals surface area contributed by atoms with Crippen LogP contribution in [0.4, 0.5) is 0 Å². The minimum Gasteiger partial charge on any atom is -0.321 e. The summed E-state index contributed by atoms with van der Waals surface area (Å²) in [5, 5.41) is 3.76. The van der Waals surface area contributed by atoms with Crippen molar-refractivity contribution in [1.82, 2.24) is 14.6 Å². The van der Waals surface area contributed by atoms with Crippen LogP contribution in [0.3, 0.4) is 0 Å². The predicted octanol–water partition coefficient (Wildman–Crippen LogP) is 4.71. The van der Waals surface area contributed by atoms with E-state index < -0.39 is 0 Å². The van der Waals surface area contributed by atoms with Gasteiger partial charge >= 0.3 is 5.69 Å². The van der Waals surface area contributed by atoms with Crippen LogP contribution in [0.5, 0.6) is 0 Å². The van der Waals surface area contributed by atoms with E-state index >= 15 is 0 Å². The number of nitrogens with one attached hydrogen (secondary N) is 1. The molecule has 0 atom stereocenters. The number of nitrogens with two attached hydrogens (primary N) is 2. The molecule has 4 rings (SSSR count). The minimum atomic E-state index is -0.00611. The second-order valence-corrected chi connectivity index (χ2v) is 9.57. The summed E-state index contributed by atoms with van der Waals surface area (Å²) in [6.45, 7) is 8.91. The van der Waals surface area contributed by atoms with E-state index in [2.05, 4.69) is 74.6 Å². The molecule has 0 aliphatic rings. The van der Waals surface area contributed by atoms with Crippen LogP contribution in [0.15, 0.2) is 76.8 Å². The topological polar surface area (TPSA) is 103 Å². The number of unbranched alkanes of at least 4 members (excludes halogenated alkanes) is 1. The van der Waals surface area contributed by atoms with Crippen LogP contribution in [0, 0.1) is 20.8 Å². The minimum absolute atomic E-state index is 0.00611. The van der Waals surface area contributed by atoms with Crippen molar-refractivity contribution in [2.45, 2.75) is 53.5 Å². The van der Waals surface area contributed by atoms with Crippen LogP contribution in [-0.4, -0.2) is 15.0 Å². The number of rotatable bonds is 8. The molecule has 5 N–H and O–H groups in total. The number of hydrogen-bond acceptors (Lipinski definition) is 4. The van der Waals surface area contributed by atoms with Crippen LogP contribution in [0.2, 0.25) is 0 Å². The first-order valence-corrected chi connectivity index (χ1v) is 12.7. The molecule has 7 nitrogen and oxygen atoms in total. The Labute approximate surface area is 218 Å². The van der Waals surface area contributed by atoms with E-state index in [0.29, 0.717) is 12.4 Å².